The predicted molar refractivity (Wildman–Crippen MR) is 126 cm³/mol. The van der Waals surface area contributed by atoms with Gasteiger partial charge in [-0.2, -0.15) is 0 Å². The summed E-state index contributed by atoms with van der Waals surface area (Å²) in [7, 11) is 1.24. The fraction of sp³-hybridized carbons (Fsp3) is 0.304. The van der Waals surface area contributed by atoms with Crippen LogP contribution in [0.4, 0.5) is 11.5 Å². The van der Waals surface area contributed by atoms with E-state index in [0.29, 0.717) is 29.1 Å². The van der Waals surface area contributed by atoms with Crippen molar-refractivity contribution in [3.05, 3.63) is 58.3 Å². The van der Waals surface area contributed by atoms with E-state index in [9.17, 15) is 29.6 Å². The van der Waals surface area contributed by atoms with Gasteiger partial charge in [-0.15, -0.1) is 0 Å². The highest BCUT2D eigenvalue weighted by molar-refractivity contribution is 5.97. The zero-order chi connectivity index (χ0) is 25.7. The van der Waals surface area contributed by atoms with Gasteiger partial charge in [0.1, 0.15) is 29.7 Å². The number of methoxy groups -OCH3 is 1. The van der Waals surface area contributed by atoms with E-state index in [-0.39, 0.29) is 23.7 Å². The summed E-state index contributed by atoms with van der Waals surface area (Å²) in [5.74, 6) is -2.16. The number of pyridine rings is 1. The number of carbonyl (C=O) groups is 3. The average molecular weight is 483 g/mol. The Morgan fingerprint density at radius 2 is 2.00 bits per heavy atom. The van der Waals surface area contributed by atoms with Crippen molar-refractivity contribution in [2.24, 2.45) is 5.92 Å². The number of fused-ring (bicyclic) bond motifs is 1. The molecular weight excluding hydrogens is 458 g/mol. The average Bonchev–Trinajstić information content (AvgIpc) is 3.22. The van der Waals surface area contributed by atoms with E-state index in [1.807, 2.05) is 6.92 Å². The number of rotatable bonds is 10. The van der Waals surface area contributed by atoms with Gasteiger partial charge in [0.15, 0.2) is 0 Å². The maximum Gasteiger partial charge on any atom is 0.326 e. The number of benzene rings is 1. The lowest BCUT2D eigenvalue weighted by Gasteiger charge is -2.20. The van der Waals surface area contributed by atoms with Gasteiger partial charge in [-0.3, -0.25) is 24.1 Å². The van der Waals surface area contributed by atoms with Crippen LogP contribution in [0, 0.1) is 16.0 Å². The Hall–Kier alpha value is -4.48. The maximum absolute atomic E-state index is 12.8. The van der Waals surface area contributed by atoms with Crippen LogP contribution < -0.4 is 10.6 Å². The van der Waals surface area contributed by atoms with Gasteiger partial charge in [-0.25, -0.2) is 9.78 Å². The smallest absolute Gasteiger partial charge is 0.326 e. The summed E-state index contributed by atoms with van der Waals surface area (Å²) in [4.78, 5) is 51.3. The Morgan fingerprint density at radius 1 is 1.26 bits per heavy atom. The number of anilines is 1. The molecule has 1 aromatic carbocycles. The summed E-state index contributed by atoms with van der Waals surface area (Å²) < 4.78 is 6.25. The molecule has 35 heavy (non-hydrogen) atoms. The molecule has 3 aromatic rings. The van der Waals surface area contributed by atoms with Crippen LogP contribution in [0.15, 0.2) is 42.6 Å². The van der Waals surface area contributed by atoms with Crippen LogP contribution in [0.5, 0.6) is 0 Å². The Kier molecular flexibility index (Phi) is 7.64. The second kappa shape index (κ2) is 10.6. The van der Waals surface area contributed by atoms with Crippen molar-refractivity contribution in [3.63, 3.8) is 0 Å². The number of imidazole rings is 1. The third-order valence-corrected chi connectivity index (χ3v) is 5.61. The number of nitrogens with one attached hydrogen (secondary N) is 2. The number of nitro groups is 1. The van der Waals surface area contributed by atoms with Crippen molar-refractivity contribution < 1.29 is 29.2 Å². The molecule has 2 heterocycles. The topological polar surface area (TPSA) is 165 Å². The fourth-order valence-corrected chi connectivity index (χ4v) is 3.46. The standard InChI is InChI=1S/C23H25N5O7/c1-4-13(2)19(23(31)32)26-22(30)15-8-9-27-17(11-15)25-20(21(27)24-12-18(29)35-3)14-6-5-7-16(10-14)28(33)34/h5-11,13,19,24H,4,12H2,1-3H3,(H,26,30)(H,31,32). The number of esters is 1. The molecule has 3 N–H and O–H groups in total. The van der Waals surface area contributed by atoms with Crippen LogP contribution in [-0.4, -0.2) is 57.0 Å². The molecule has 12 heteroatoms. The Bertz CT molecular complexity index is 1290. The molecule has 0 radical (unpaired) electrons. The Morgan fingerprint density at radius 3 is 2.63 bits per heavy atom. The fourth-order valence-electron chi connectivity index (χ4n) is 3.46. The number of nitro benzene ring substituents is 1. The van der Waals surface area contributed by atoms with Gasteiger partial charge >= 0.3 is 11.9 Å². The largest absolute Gasteiger partial charge is 0.480 e. The van der Waals surface area contributed by atoms with Crippen LogP contribution in [-0.2, 0) is 14.3 Å². The lowest BCUT2D eigenvalue weighted by molar-refractivity contribution is -0.384. The molecular formula is C23H25N5O7. The summed E-state index contributed by atoms with van der Waals surface area (Å²) in [5.41, 5.74) is 1.09. The molecule has 12 nitrogen and oxygen atoms in total. The lowest BCUT2D eigenvalue weighted by atomic mass is 9.99. The summed E-state index contributed by atoms with van der Waals surface area (Å²) in [6, 6.07) is 7.74. The summed E-state index contributed by atoms with van der Waals surface area (Å²) >= 11 is 0. The molecule has 0 saturated heterocycles. The van der Waals surface area contributed by atoms with E-state index in [0.717, 1.165) is 0 Å². The number of carboxylic acids is 1. The minimum absolute atomic E-state index is 0.136. The molecule has 0 fully saturated rings. The van der Waals surface area contributed by atoms with Crippen molar-refractivity contribution in [2.75, 3.05) is 19.0 Å². The zero-order valence-corrected chi connectivity index (χ0v) is 19.3. The molecule has 184 valence electrons. The first-order valence-electron chi connectivity index (χ1n) is 10.8. The number of ether oxygens (including phenoxy) is 1. The summed E-state index contributed by atoms with van der Waals surface area (Å²) in [6.07, 6.45) is 2.11. The first-order chi connectivity index (χ1) is 16.7. The van der Waals surface area contributed by atoms with E-state index < -0.39 is 28.8 Å². The van der Waals surface area contributed by atoms with E-state index in [4.69, 9.17) is 0 Å². The monoisotopic (exact) mass is 483 g/mol. The van der Waals surface area contributed by atoms with E-state index in [1.54, 1.807) is 17.4 Å². The van der Waals surface area contributed by atoms with Gasteiger partial charge in [0.05, 0.1) is 12.0 Å². The SMILES string of the molecule is CCC(C)C(NC(=O)c1ccn2c(NCC(=O)OC)c(-c3cccc([N+](=O)[O-])c3)nc2c1)C(=O)O. The van der Waals surface area contributed by atoms with Crippen molar-refractivity contribution in [3.8, 4) is 11.3 Å². The van der Waals surface area contributed by atoms with Crippen molar-refractivity contribution in [1.29, 1.82) is 0 Å². The number of aromatic nitrogens is 2. The second-order valence-electron chi connectivity index (χ2n) is 7.86. The minimum Gasteiger partial charge on any atom is -0.480 e. The number of hydrogen-bond acceptors (Lipinski definition) is 8. The number of amides is 1. The van der Waals surface area contributed by atoms with Crippen LogP contribution >= 0.6 is 0 Å². The van der Waals surface area contributed by atoms with Crippen molar-refractivity contribution >= 4 is 35.0 Å². The highest BCUT2D eigenvalue weighted by Gasteiger charge is 2.26. The highest BCUT2D eigenvalue weighted by atomic mass is 16.6. The van der Waals surface area contributed by atoms with Gasteiger partial charge < -0.3 is 20.5 Å². The molecule has 0 aliphatic rings. The van der Waals surface area contributed by atoms with Gasteiger partial charge in [0.2, 0.25) is 0 Å². The van der Waals surface area contributed by atoms with Gasteiger partial charge in [-0.1, -0.05) is 32.4 Å². The lowest BCUT2D eigenvalue weighted by Crippen LogP contribution is -2.45. The maximum atomic E-state index is 12.8. The molecule has 3 rings (SSSR count). The van der Waals surface area contributed by atoms with Gasteiger partial charge in [0, 0.05) is 29.5 Å². The summed E-state index contributed by atoms with van der Waals surface area (Å²) in [6.45, 7) is 3.38. The van der Waals surface area contributed by atoms with E-state index in [1.165, 1.54) is 43.6 Å². The van der Waals surface area contributed by atoms with Crippen LogP contribution in [0.2, 0.25) is 0 Å². The van der Waals surface area contributed by atoms with Gasteiger partial charge in [0.25, 0.3) is 11.6 Å². The third kappa shape index (κ3) is 5.54. The first-order valence-corrected chi connectivity index (χ1v) is 10.8. The number of aliphatic carboxylic acids is 1. The number of hydrogen-bond donors (Lipinski definition) is 3. The molecule has 2 unspecified atom stereocenters. The van der Waals surface area contributed by atoms with Crippen LogP contribution in [0.1, 0.15) is 30.6 Å². The third-order valence-electron chi connectivity index (χ3n) is 5.61. The number of nitrogens with zero attached hydrogens (tertiary/aromatic N) is 3. The first kappa shape index (κ1) is 25.1. The molecule has 0 spiro atoms. The quantitative estimate of drug-likeness (QED) is 0.223. The molecule has 2 atom stereocenters. The van der Waals surface area contributed by atoms with E-state index >= 15 is 0 Å². The molecule has 0 aliphatic heterocycles. The number of carboxylic acid groups (broad SMARTS) is 1. The normalized spacial score (nSPS) is 12.5. The molecule has 0 aliphatic carbocycles. The minimum atomic E-state index is -1.13. The van der Waals surface area contributed by atoms with Crippen LogP contribution in [0.3, 0.4) is 0 Å². The number of non-ortho nitro benzene ring substituents is 1. The number of carbonyl (C=O) groups excluding carboxylic acids is 2. The van der Waals surface area contributed by atoms with Gasteiger partial charge in [-0.05, 0) is 18.1 Å². The Balaban J connectivity index is 2.05. The van der Waals surface area contributed by atoms with Crippen molar-refractivity contribution in [2.45, 2.75) is 26.3 Å². The Labute approximate surface area is 200 Å². The molecule has 2 aromatic heterocycles. The second-order valence-corrected chi connectivity index (χ2v) is 7.86. The molecule has 1 amide bonds. The van der Waals surface area contributed by atoms with E-state index in [2.05, 4.69) is 20.4 Å². The zero-order valence-electron chi connectivity index (χ0n) is 19.3. The molecule has 0 bridgehead atoms. The van der Waals surface area contributed by atoms with Crippen molar-refractivity contribution in [1.82, 2.24) is 14.7 Å². The highest BCUT2D eigenvalue weighted by Crippen LogP contribution is 2.31. The molecule has 0 saturated carbocycles. The predicted octanol–water partition coefficient (Wildman–Crippen LogP) is 2.72. The summed E-state index contributed by atoms with van der Waals surface area (Å²) in [5, 5.41) is 26.2. The van der Waals surface area contributed by atoms with Crippen LogP contribution in [0.25, 0.3) is 16.9 Å².